The molecule has 2 aromatic rings. The Bertz CT molecular complexity index is 771. The zero-order valence-electron chi connectivity index (χ0n) is 12.9. The molecule has 0 bridgehead atoms. The van der Waals surface area contributed by atoms with E-state index < -0.39 is 0 Å². The maximum atomic E-state index is 11.8. The van der Waals surface area contributed by atoms with Crippen molar-refractivity contribution in [1.29, 1.82) is 0 Å². The summed E-state index contributed by atoms with van der Waals surface area (Å²) in [4.78, 5) is 15.3. The Morgan fingerprint density at radius 3 is 2.71 bits per heavy atom. The molecule has 3 rings (SSSR count). The highest BCUT2D eigenvalue weighted by molar-refractivity contribution is 6.53. The van der Waals surface area contributed by atoms with Crippen molar-refractivity contribution in [3.8, 4) is 0 Å². The number of halogens is 1. The number of benzene rings is 1. The monoisotopic (exact) mass is 296 g/mol. The molecule has 3 N–H and O–H groups in total. The van der Waals surface area contributed by atoms with Crippen molar-refractivity contribution in [2.45, 2.75) is 24.0 Å². The number of carbonyl (C=O) groups excluding carboxylic acids is 1. The molecule has 1 unspecified atom stereocenters. The van der Waals surface area contributed by atoms with Gasteiger partial charge >= 0.3 is 0 Å². The third kappa shape index (κ3) is 2.05. The standard InChI is InChI=1S/C13H17B4ClN2O/c14-5-3-6(18)9(15)7-8-10(20-11(5)7)4(12(19)21)1-2-13(8,16)17/h3-4,20H,1-2,14-17H2,(H2,19,21). The number of aromatic amines is 1. The molecule has 1 aliphatic carbocycles. The molecule has 1 amide bonds. The Morgan fingerprint density at radius 2 is 2.10 bits per heavy atom. The second-order valence-electron chi connectivity index (χ2n) is 6.84. The molecule has 0 saturated carbocycles. The van der Waals surface area contributed by atoms with E-state index in [4.69, 9.17) is 17.3 Å². The van der Waals surface area contributed by atoms with Crippen LogP contribution in [-0.2, 0) is 10.0 Å². The van der Waals surface area contributed by atoms with Crippen LogP contribution in [0.15, 0.2) is 6.07 Å². The number of rotatable bonds is 1. The van der Waals surface area contributed by atoms with E-state index in [0.717, 1.165) is 40.0 Å². The van der Waals surface area contributed by atoms with Crippen molar-refractivity contribution in [2.75, 3.05) is 0 Å². The van der Waals surface area contributed by atoms with Crippen LogP contribution >= 0.6 is 11.6 Å². The van der Waals surface area contributed by atoms with Crippen LogP contribution < -0.4 is 16.7 Å². The number of aromatic nitrogens is 1. The number of primary amides is 1. The average molecular weight is 296 g/mol. The van der Waals surface area contributed by atoms with E-state index in [0.29, 0.717) is 0 Å². The summed E-state index contributed by atoms with van der Waals surface area (Å²) < 4.78 is 0. The lowest BCUT2D eigenvalue weighted by Crippen LogP contribution is -2.37. The molecule has 0 fully saturated rings. The van der Waals surface area contributed by atoms with Gasteiger partial charge in [-0.05, 0) is 23.4 Å². The first-order chi connectivity index (χ1) is 9.74. The van der Waals surface area contributed by atoms with Crippen LogP contribution in [0.4, 0.5) is 0 Å². The number of hydrogen-bond donors (Lipinski definition) is 2. The third-order valence-electron chi connectivity index (χ3n) is 4.93. The number of nitrogens with two attached hydrogens (primary N) is 1. The summed E-state index contributed by atoms with van der Waals surface area (Å²) in [5.74, 6) is -0.474. The smallest absolute Gasteiger partial charge is 0.226 e. The van der Waals surface area contributed by atoms with Crippen LogP contribution in [-0.4, -0.2) is 42.3 Å². The molecule has 1 heterocycles. The Hall–Kier alpha value is -1.22. The first-order valence-electron chi connectivity index (χ1n) is 7.35. The topological polar surface area (TPSA) is 58.9 Å². The van der Waals surface area contributed by atoms with Gasteiger partial charge in [0.15, 0.2) is 0 Å². The van der Waals surface area contributed by atoms with Crippen molar-refractivity contribution in [1.82, 2.24) is 4.98 Å². The maximum absolute atomic E-state index is 11.8. The molecule has 1 aromatic heterocycles. The largest absolute Gasteiger partial charge is 0.369 e. The first-order valence-corrected chi connectivity index (χ1v) is 7.73. The number of hydrogen-bond acceptors (Lipinski definition) is 1. The fraction of sp³-hybridized carbons (Fsp3) is 0.308. The summed E-state index contributed by atoms with van der Waals surface area (Å²) >= 11 is 6.38. The molecule has 0 aliphatic heterocycles. The fourth-order valence-corrected chi connectivity index (χ4v) is 3.96. The van der Waals surface area contributed by atoms with E-state index in [1.807, 2.05) is 21.8 Å². The molecule has 0 saturated heterocycles. The van der Waals surface area contributed by atoms with Gasteiger partial charge in [0.2, 0.25) is 5.91 Å². The van der Waals surface area contributed by atoms with Crippen molar-refractivity contribution in [3.05, 3.63) is 22.3 Å². The Labute approximate surface area is 133 Å². The maximum Gasteiger partial charge on any atom is 0.226 e. The van der Waals surface area contributed by atoms with Crippen LogP contribution in [0, 0.1) is 0 Å². The second kappa shape index (κ2) is 4.64. The molecule has 0 spiro atoms. The highest BCUT2D eigenvalue weighted by Gasteiger charge is 2.38. The van der Waals surface area contributed by atoms with Gasteiger partial charge in [0.1, 0.15) is 31.4 Å². The van der Waals surface area contributed by atoms with Gasteiger partial charge in [-0.1, -0.05) is 34.2 Å². The SMILES string of the molecule is Bc1cc(Cl)c(B)c2c3c([nH]c12)C(C(N)=O)CCC3(B)B. The van der Waals surface area contributed by atoms with Gasteiger partial charge in [0, 0.05) is 16.2 Å². The summed E-state index contributed by atoms with van der Waals surface area (Å²) in [7, 11) is 8.54. The molecule has 104 valence electrons. The lowest BCUT2D eigenvalue weighted by molar-refractivity contribution is -0.119. The van der Waals surface area contributed by atoms with Crippen LogP contribution in [0.5, 0.6) is 0 Å². The molecule has 3 nitrogen and oxygen atoms in total. The summed E-state index contributed by atoms with van der Waals surface area (Å²) in [6.45, 7) is 0. The zero-order valence-corrected chi connectivity index (χ0v) is 13.7. The molecule has 21 heavy (non-hydrogen) atoms. The predicted octanol–water partition coefficient (Wildman–Crippen LogP) is -2.88. The Morgan fingerprint density at radius 1 is 1.43 bits per heavy atom. The molecule has 0 radical (unpaired) electrons. The lowest BCUT2D eigenvalue weighted by atomic mass is 9.45. The van der Waals surface area contributed by atoms with Gasteiger partial charge in [0.05, 0.1) is 5.92 Å². The molecule has 8 heteroatoms. The number of H-pyrrole nitrogens is 1. The lowest BCUT2D eigenvalue weighted by Gasteiger charge is -2.34. The van der Waals surface area contributed by atoms with Gasteiger partial charge in [0.25, 0.3) is 0 Å². The highest BCUT2D eigenvalue weighted by atomic mass is 35.5. The normalized spacial score (nSPS) is 20.3. The summed E-state index contributed by atoms with van der Waals surface area (Å²) in [5.41, 5.74) is 11.1. The minimum Gasteiger partial charge on any atom is -0.369 e. The van der Waals surface area contributed by atoms with Gasteiger partial charge in [-0.2, -0.15) is 0 Å². The van der Waals surface area contributed by atoms with Gasteiger partial charge < -0.3 is 10.7 Å². The second-order valence-corrected chi connectivity index (χ2v) is 7.25. The van der Waals surface area contributed by atoms with Gasteiger partial charge in [-0.25, -0.2) is 0 Å². The average Bonchev–Trinajstić information content (AvgIpc) is 2.77. The van der Waals surface area contributed by atoms with Gasteiger partial charge in [-0.15, -0.1) is 0 Å². The minimum absolute atomic E-state index is 0.0153. The van der Waals surface area contributed by atoms with E-state index in [2.05, 4.69) is 20.7 Å². The number of nitrogens with one attached hydrogen (secondary N) is 1. The van der Waals surface area contributed by atoms with Crippen molar-refractivity contribution in [3.63, 3.8) is 0 Å². The number of fused-ring (bicyclic) bond motifs is 3. The zero-order chi connectivity index (χ0) is 15.5. The van der Waals surface area contributed by atoms with Crippen LogP contribution in [0.2, 0.25) is 5.02 Å². The Balaban J connectivity index is 2.45. The minimum atomic E-state index is -0.250. The molecular formula is C13H17B4ClN2O. The van der Waals surface area contributed by atoms with Crippen LogP contribution in [0.1, 0.15) is 30.0 Å². The van der Waals surface area contributed by atoms with E-state index in [-0.39, 0.29) is 17.0 Å². The number of amides is 1. The predicted molar refractivity (Wildman–Crippen MR) is 99.6 cm³/mol. The van der Waals surface area contributed by atoms with E-state index in [1.165, 1.54) is 10.9 Å². The van der Waals surface area contributed by atoms with E-state index in [1.54, 1.807) is 0 Å². The quantitative estimate of drug-likeness (QED) is 0.546. The number of carbonyl (C=O) groups is 1. The van der Waals surface area contributed by atoms with Crippen molar-refractivity contribution < 1.29 is 4.79 Å². The highest BCUT2D eigenvalue weighted by Crippen LogP contribution is 2.42. The van der Waals surface area contributed by atoms with Crippen molar-refractivity contribution in [2.24, 2.45) is 5.73 Å². The van der Waals surface area contributed by atoms with Crippen LogP contribution in [0.25, 0.3) is 10.9 Å². The molecule has 1 atom stereocenters. The van der Waals surface area contributed by atoms with E-state index in [9.17, 15) is 4.79 Å². The molecule has 1 aliphatic rings. The summed E-state index contributed by atoms with van der Waals surface area (Å²) in [6.07, 6.45) is 1.75. The molecule has 1 aromatic carbocycles. The van der Waals surface area contributed by atoms with Crippen molar-refractivity contribution >= 4 is 70.7 Å². The Kier molecular flexibility index (Phi) is 3.25. The van der Waals surface area contributed by atoms with Crippen LogP contribution in [0.3, 0.4) is 0 Å². The van der Waals surface area contributed by atoms with E-state index >= 15 is 0 Å². The third-order valence-corrected chi connectivity index (χ3v) is 5.32. The summed E-state index contributed by atoms with van der Waals surface area (Å²) in [5, 5.41) is 1.96. The molecular weight excluding hydrogens is 279 g/mol. The van der Waals surface area contributed by atoms with Gasteiger partial charge in [-0.3, -0.25) is 4.79 Å². The fourth-order valence-electron chi connectivity index (χ4n) is 3.70. The first kappa shape index (κ1) is 14.7. The summed E-state index contributed by atoms with van der Waals surface area (Å²) in [6, 6.07) is 1.98.